The van der Waals surface area contributed by atoms with Crippen LogP contribution in [0.25, 0.3) is 0 Å². The highest BCUT2D eigenvalue weighted by molar-refractivity contribution is 6.30. The lowest BCUT2D eigenvalue weighted by Crippen LogP contribution is -2.32. The number of urea groups is 1. The van der Waals surface area contributed by atoms with E-state index in [9.17, 15) is 4.79 Å². The molecule has 1 fully saturated rings. The SMILES string of the molecule is CC[C@H](C)[C@H]1CN(c2ncc(Cl)cn2)C(=O)N1. The number of aromatic nitrogens is 2. The number of anilines is 1. The molecule has 2 heterocycles. The summed E-state index contributed by atoms with van der Waals surface area (Å²) in [5.74, 6) is 0.842. The van der Waals surface area contributed by atoms with Gasteiger partial charge in [-0.2, -0.15) is 0 Å². The third kappa shape index (κ3) is 2.49. The van der Waals surface area contributed by atoms with Gasteiger partial charge in [-0.25, -0.2) is 14.8 Å². The number of carbonyl (C=O) groups is 1. The van der Waals surface area contributed by atoms with Crippen LogP contribution in [0.3, 0.4) is 0 Å². The molecule has 1 aliphatic heterocycles. The standard InChI is InChI=1S/C11H15ClN4O/c1-3-7(2)9-6-16(11(17)15-9)10-13-4-8(12)5-14-10/h4-5,7,9H,3,6H2,1-2H3,(H,15,17)/t7-,9+/m0/s1. The number of halogens is 1. The molecule has 0 aromatic carbocycles. The maximum Gasteiger partial charge on any atom is 0.324 e. The average molecular weight is 255 g/mol. The van der Waals surface area contributed by atoms with Crippen LogP contribution in [0, 0.1) is 5.92 Å². The Kier molecular flexibility index (Phi) is 3.47. The molecule has 17 heavy (non-hydrogen) atoms. The van der Waals surface area contributed by atoms with Crippen LogP contribution < -0.4 is 10.2 Å². The largest absolute Gasteiger partial charge is 0.333 e. The molecular weight excluding hydrogens is 240 g/mol. The zero-order valence-electron chi connectivity index (χ0n) is 9.85. The molecule has 0 unspecified atom stereocenters. The van der Waals surface area contributed by atoms with Gasteiger partial charge in [0.25, 0.3) is 0 Å². The first-order valence-corrected chi connectivity index (χ1v) is 6.05. The highest BCUT2D eigenvalue weighted by atomic mass is 35.5. The first-order chi connectivity index (χ1) is 8.11. The minimum atomic E-state index is -0.141. The Labute approximate surface area is 105 Å². The van der Waals surface area contributed by atoms with Crippen LogP contribution in [-0.4, -0.2) is 28.6 Å². The number of rotatable bonds is 3. The Bertz CT molecular complexity index is 408. The predicted octanol–water partition coefficient (Wildman–Crippen LogP) is 2.07. The van der Waals surface area contributed by atoms with Crippen LogP contribution in [0.15, 0.2) is 12.4 Å². The maximum absolute atomic E-state index is 11.8. The van der Waals surface area contributed by atoms with Crippen molar-refractivity contribution in [1.29, 1.82) is 0 Å². The lowest BCUT2D eigenvalue weighted by atomic mass is 10.0. The molecule has 0 radical (unpaired) electrons. The number of hydrogen-bond donors (Lipinski definition) is 1. The van der Waals surface area contributed by atoms with Gasteiger partial charge < -0.3 is 5.32 Å². The molecular formula is C11H15ClN4O. The zero-order chi connectivity index (χ0) is 12.4. The van der Waals surface area contributed by atoms with Crippen molar-refractivity contribution in [3.05, 3.63) is 17.4 Å². The molecule has 1 N–H and O–H groups in total. The van der Waals surface area contributed by atoms with Gasteiger partial charge in [0.15, 0.2) is 0 Å². The fourth-order valence-corrected chi connectivity index (χ4v) is 1.88. The second-order valence-electron chi connectivity index (χ2n) is 4.25. The molecule has 5 nitrogen and oxygen atoms in total. The van der Waals surface area contributed by atoms with Crippen molar-refractivity contribution < 1.29 is 4.79 Å². The van der Waals surface area contributed by atoms with Crippen LogP contribution in [-0.2, 0) is 0 Å². The minimum Gasteiger partial charge on any atom is -0.333 e. The van der Waals surface area contributed by atoms with E-state index in [2.05, 4.69) is 29.1 Å². The molecule has 1 aromatic heterocycles. The van der Waals surface area contributed by atoms with Crippen LogP contribution in [0.5, 0.6) is 0 Å². The quantitative estimate of drug-likeness (QED) is 0.898. The normalized spacial score (nSPS) is 21.5. The van der Waals surface area contributed by atoms with E-state index in [-0.39, 0.29) is 12.1 Å². The predicted molar refractivity (Wildman–Crippen MR) is 66.2 cm³/mol. The molecule has 1 saturated heterocycles. The maximum atomic E-state index is 11.8. The Balaban J connectivity index is 2.13. The van der Waals surface area contributed by atoms with E-state index in [1.54, 1.807) is 4.90 Å². The van der Waals surface area contributed by atoms with Crippen molar-refractivity contribution in [3.63, 3.8) is 0 Å². The molecule has 2 amide bonds. The van der Waals surface area contributed by atoms with Gasteiger partial charge in [-0.15, -0.1) is 0 Å². The molecule has 0 aliphatic carbocycles. The van der Waals surface area contributed by atoms with Gasteiger partial charge in [0, 0.05) is 0 Å². The van der Waals surface area contributed by atoms with E-state index in [1.165, 1.54) is 12.4 Å². The van der Waals surface area contributed by atoms with E-state index in [0.29, 0.717) is 23.4 Å². The summed E-state index contributed by atoms with van der Waals surface area (Å²) < 4.78 is 0. The molecule has 2 rings (SSSR count). The number of amides is 2. The van der Waals surface area contributed by atoms with Gasteiger partial charge in [-0.3, -0.25) is 4.90 Å². The molecule has 1 aromatic rings. The Morgan fingerprint density at radius 1 is 1.59 bits per heavy atom. The Morgan fingerprint density at radius 3 is 2.82 bits per heavy atom. The van der Waals surface area contributed by atoms with Crippen molar-refractivity contribution in [1.82, 2.24) is 15.3 Å². The molecule has 0 bridgehead atoms. The summed E-state index contributed by atoms with van der Waals surface area (Å²) in [7, 11) is 0. The summed E-state index contributed by atoms with van der Waals surface area (Å²) in [5, 5.41) is 3.41. The fraction of sp³-hybridized carbons (Fsp3) is 0.545. The van der Waals surface area contributed by atoms with E-state index in [4.69, 9.17) is 11.6 Å². The summed E-state index contributed by atoms with van der Waals surface area (Å²) in [6, 6.07) is 0.0180. The van der Waals surface area contributed by atoms with Gasteiger partial charge in [0.1, 0.15) is 0 Å². The fourth-order valence-electron chi connectivity index (χ4n) is 1.79. The van der Waals surface area contributed by atoms with Gasteiger partial charge in [-0.05, 0) is 5.92 Å². The van der Waals surface area contributed by atoms with E-state index < -0.39 is 0 Å². The molecule has 0 saturated carbocycles. The van der Waals surface area contributed by atoms with Gasteiger partial charge in [0.05, 0.1) is 30.0 Å². The van der Waals surface area contributed by atoms with Gasteiger partial charge in [-0.1, -0.05) is 31.9 Å². The first kappa shape index (κ1) is 12.1. The van der Waals surface area contributed by atoms with Crippen LogP contribution in [0.2, 0.25) is 5.02 Å². The number of carbonyl (C=O) groups excluding carboxylic acids is 1. The highest BCUT2D eigenvalue weighted by Gasteiger charge is 2.33. The topological polar surface area (TPSA) is 58.1 Å². The number of nitrogens with zero attached hydrogens (tertiary/aromatic N) is 3. The third-order valence-corrected chi connectivity index (χ3v) is 3.31. The van der Waals surface area contributed by atoms with Crippen molar-refractivity contribution >= 4 is 23.6 Å². The third-order valence-electron chi connectivity index (χ3n) is 3.11. The van der Waals surface area contributed by atoms with Crippen molar-refractivity contribution in [2.75, 3.05) is 11.4 Å². The Hall–Kier alpha value is -1.36. The average Bonchev–Trinajstić information content (AvgIpc) is 2.71. The second kappa shape index (κ2) is 4.87. The first-order valence-electron chi connectivity index (χ1n) is 5.67. The smallest absolute Gasteiger partial charge is 0.324 e. The summed E-state index contributed by atoms with van der Waals surface area (Å²) in [4.78, 5) is 21.4. The lowest BCUT2D eigenvalue weighted by Gasteiger charge is -2.16. The molecule has 2 atom stereocenters. The van der Waals surface area contributed by atoms with E-state index in [0.717, 1.165) is 6.42 Å². The second-order valence-corrected chi connectivity index (χ2v) is 4.69. The summed E-state index contributed by atoms with van der Waals surface area (Å²) in [6.07, 6.45) is 4.02. The molecule has 6 heteroatoms. The van der Waals surface area contributed by atoms with Gasteiger partial charge >= 0.3 is 6.03 Å². The summed E-state index contributed by atoms with van der Waals surface area (Å²) >= 11 is 5.71. The van der Waals surface area contributed by atoms with Crippen LogP contribution in [0.1, 0.15) is 20.3 Å². The lowest BCUT2D eigenvalue weighted by molar-refractivity contribution is 0.249. The van der Waals surface area contributed by atoms with Crippen molar-refractivity contribution in [3.8, 4) is 0 Å². The highest BCUT2D eigenvalue weighted by Crippen LogP contribution is 2.19. The van der Waals surface area contributed by atoms with Crippen LogP contribution >= 0.6 is 11.6 Å². The molecule has 0 spiro atoms. The van der Waals surface area contributed by atoms with Gasteiger partial charge in [0.2, 0.25) is 5.95 Å². The summed E-state index contributed by atoms with van der Waals surface area (Å²) in [5.41, 5.74) is 0. The monoisotopic (exact) mass is 254 g/mol. The van der Waals surface area contributed by atoms with Crippen molar-refractivity contribution in [2.24, 2.45) is 5.92 Å². The zero-order valence-corrected chi connectivity index (χ0v) is 10.6. The Morgan fingerprint density at radius 2 is 2.24 bits per heavy atom. The minimum absolute atomic E-state index is 0.141. The molecule has 1 aliphatic rings. The van der Waals surface area contributed by atoms with Crippen molar-refractivity contribution in [2.45, 2.75) is 26.3 Å². The van der Waals surface area contributed by atoms with E-state index in [1.807, 2.05) is 0 Å². The number of hydrogen-bond acceptors (Lipinski definition) is 3. The summed E-state index contributed by atoms with van der Waals surface area (Å²) in [6.45, 7) is 4.84. The van der Waals surface area contributed by atoms with E-state index >= 15 is 0 Å². The number of nitrogens with one attached hydrogen (secondary N) is 1. The van der Waals surface area contributed by atoms with Crippen LogP contribution in [0.4, 0.5) is 10.7 Å². The molecule has 92 valence electrons.